The Morgan fingerprint density at radius 2 is 2.08 bits per heavy atom. The van der Waals surface area contributed by atoms with Crippen LogP contribution in [0.15, 0.2) is 47.1 Å². The molecule has 0 atom stereocenters. The minimum Gasteiger partial charge on any atom is -0.295 e. The summed E-state index contributed by atoms with van der Waals surface area (Å²) in [6, 6.07) is 0. The van der Waals surface area contributed by atoms with Crippen molar-refractivity contribution in [2.45, 2.75) is 6.92 Å². The van der Waals surface area contributed by atoms with Crippen LogP contribution in [0.4, 0.5) is 0 Å². The molecule has 0 aromatic carbocycles. The zero-order valence-electron chi connectivity index (χ0n) is 6.80. The fourth-order valence-corrected chi connectivity index (χ4v) is 1.11. The van der Waals surface area contributed by atoms with E-state index in [-0.39, 0.29) is 5.78 Å². The Labute approximate surface area is 76.7 Å². The zero-order valence-corrected chi connectivity index (χ0v) is 7.56. The molecule has 0 fully saturated rings. The lowest BCUT2D eigenvalue weighted by atomic mass is 10.1. The number of allylic oxidation sites excluding steroid dienone is 7. The Bertz CT molecular complexity index is 319. The molecule has 2 heteroatoms. The average Bonchev–Trinajstić information content (AvgIpc) is 2.11. The van der Waals surface area contributed by atoms with Crippen LogP contribution in [0.2, 0.25) is 0 Å². The van der Waals surface area contributed by atoms with Crippen LogP contribution in [0.3, 0.4) is 0 Å². The van der Waals surface area contributed by atoms with Crippen molar-refractivity contribution in [3.63, 3.8) is 0 Å². The topological polar surface area (TPSA) is 17.1 Å². The van der Waals surface area contributed by atoms with E-state index in [4.69, 9.17) is 11.6 Å². The highest BCUT2D eigenvalue weighted by Gasteiger charge is 2.02. The fraction of sp³-hybridized carbons (Fsp3) is 0.100. The number of hydrogen-bond donors (Lipinski definition) is 0. The summed E-state index contributed by atoms with van der Waals surface area (Å²) in [6.45, 7) is 5.24. The van der Waals surface area contributed by atoms with Crippen molar-refractivity contribution in [1.82, 2.24) is 0 Å². The molecule has 1 aliphatic carbocycles. The Hall–Kier alpha value is -1.08. The summed E-state index contributed by atoms with van der Waals surface area (Å²) >= 11 is 5.75. The molecule has 0 spiro atoms. The summed E-state index contributed by atoms with van der Waals surface area (Å²) in [5.41, 5.74) is 1.38. The predicted molar refractivity (Wildman–Crippen MR) is 51.0 cm³/mol. The number of carbonyl (C=O) groups is 1. The second-order valence-corrected chi connectivity index (χ2v) is 3.03. The Morgan fingerprint density at radius 1 is 1.42 bits per heavy atom. The van der Waals surface area contributed by atoms with Gasteiger partial charge in [0.05, 0.1) is 0 Å². The average molecular weight is 181 g/mol. The van der Waals surface area contributed by atoms with E-state index >= 15 is 0 Å². The van der Waals surface area contributed by atoms with Gasteiger partial charge in [0.15, 0.2) is 5.78 Å². The van der Waals surface area contributed by atoms with Gasteiger partial charge in [-0.3, -0.25) is 4.79 Å². The second kappa shape index (κ2) is 3.55. The molecule has 12 heavy (non-hydrogen) atoms. The van der Waals surface area contributed by atoms with E-state index < -0.39 is 0 Å². The molecule has 1 rings (SSSR count). The van der Waals surface area contributed by atoms with E-state index in [1.165, 1.54) is 6.92 Å². The predicted octanol–water partition coefficient (Wildman–Crippen LogP) is 2.75. The third kappa shape index (κ3) is 2.21. The molecular formula is C10H9ClO. The normalized spacial score (nSPS) is 16.7. The first-order chi connectivity index (χ1) is 5.59. The molecular weight excluding hydrogens is 172 g/mol. The highest BCUT2D eigenvalue weighted by Crippen LogP contribution is 2.16. The molecule has 0 heterocycles. The maximum Gasteiger partial charge on any atom is 0.159 e. The van der Waals surface area contributed by atoms with Gasteiger partial charge in [0.2, 0.25) is 0 Å². The number of halogens is 1. The lowest BCUT2D eigenvalue weighted by Crippen LogP contribution is -1.92. The van der Waals surface area contributed by atoms with Crippen molar-refractivity contribution in [3.05, 3.63) is 47.1 Å². The highest BCUT2D eigenvalue weighted by atomic mass is 35.5. The van der Waals surface area contributed by atoms with Gasteiger partial charge in [-0.05, 0) is 36.8 Å². The van der Waals surface area contributed by atoms with Crippen molar-refractivity contribution < 1.29 is 4.79 Å². The number of hydrogen-bond acceptors (Lipinski definition) is 1. The first-order valence-electron chi connectivity index (χ1n) is 3.56. The SMILES string of the molecule is C=C1C=C(Cl)C=CC(C(C)=O)=C1. The summed E-state index contributed by atoms with van der Waals surface area (Å²) in [5, 5.41) is 0.590. The van der Waals surface area contributed by atoms with Crippen LogP contribution in [0.5, 0.6) is 0 Å². The molecule has 1 nitrogen and oxygen atoms in total. The Balaban J connectivity index is 3.03. The smallest absolute Gasteiger partial charge is 0.159 e. The highest BCUT2D eigenvalue weighted by molar-refractivity contribution is 6.31. The molecule has 0 radical (unpaired) electrons. The van der Waals surface area contributed by atoms with Crippen LogP contribution < -0.4 is 0 Å². The van der Waals surface area contributed by atoms with Crippen molar-refractivity contribution in [1.29, 1.82) is 0 Å². The summed E-state index contributed by atoms with van der Waals surface area (Å²) in [7, 11) is 0. The minimum atomic E-state index is 0.0205. The molecule has 0 unspecified atom stereocenters. The van der Waals surface area contributed by atoms with Crippen LogP contribution in [0, 0.1) is 0 Å². The number of carbonyl (C=O) groups excluding carboxylic acids is 1. The van der Waals surface area contributed by atoms with Gasteiger partial charge in [0.25, 0.3) is 0 Å². The van der Waals surface area contributed by atoms with Crippen molar-refractivity contribution in [2.75, 3.05) is 0 Å². The van der Waals surface area contributed by atoms with Gasteiger partial charge in [-0.25, -0.2) is 0 Å². The Morgan fingerprint density at radius 3 is 2.67 bits per heavy atom. The fourth-order valence-electron chi connectivity index (χ4n) is 0.903. The van der Waals surface area contributed by atoms with E-state index in [2.05, 4.69) is 6.58 Å². The van der Waals surface area contributed by atoms with Crippen LogP contribution in [0.25, 0.3) is 0 Å². The van der Waals surface area contributed by atoms with Gasteiger partial charge in [-0.2, -0.15) is 0 Å². The monoisotopic (exact) mass is 180 g/mol. The van der Waals surface area contributed by atoms with E-state index in [1.54, 1.807) is 24.3 Å². The van der Waals surface area contributed by atoms with Gasteiger partial charge < -0.3 is 0 Å². The first-order valence-corrected chi connectivity index (χ1v) is 3.94. The van der Waals surface area contributed by atoms with Crippen molar-refractivity contribution in [2.24, 2.45) is 0 Å². The lowest BCUT2D eigenvalue weighted by molar-refractivity contribution is -0.113. The molecule has 0 saturated heterocycles. The molecule has 0 bridgehead atoms. The quantitative estimate of drug-likeness (QED) is 0.607. The summed E-state index contributed by atoms with van der Waals surface area (Å²) in [6.07, 6.45) is 6.81. The molecule has 0 N–H and O–H groups in total. The van der Waals surface area contributed by atoms with Crippen LogP contribution in [-0.2, 0) is 4.79 Å². The number of Topliss-reactive ketones (excluding diaryl/α,β-unsaturated/α-hetero) is 1. The molecule has 0 amide bonds. The van der Waals surface area contributed by atoms with Crippen LogP contribution >= 0.6 is 11.6 Å². The molecule has 62 valence electrons. The zero-order chi connectivity index (χ0) is 9.14. The molecule has 0 aromatic heterocycles. The van der Waals surface area contributed by atoms with Gasteiger partial charge >= 0.3 is 0 Å². The van der Waals surface area contributed by atoms with Crippen LogP contribution in [0.1, 0.15) is 6.92 Å². The third-order valence-electron chi connectivity index (χ3n) is 1.49. The van der Waals surface area contributed by atoms with Crippen LogP contribution in [-0.4, -0.2) is 5.78 Å². The second-order valence-electron chi connectivity index (χ2n) is 2.59. The number of rotatable bonds is 1. The minimum absolute atomic E-state index is 0.0205. The van der Waals surface area contributed by atoms with Gasteiger partial charge in [0.1, 0.15) is 0 Å². The maximum absolute atomic E-state index is 11.0. The van der Waals surface area contributed by atoms with E-state index in [0.29, 0.717) is 10.6 Å². The van der Waals surface area contributed by atoms with Gasteiger partial charge in [0, 0.05) is 10.6 Å². The molecule has 0 aliphatic heterocycles. The molecule has 0 aromatic rings. The van der Waals surface area contributed by atoms with Crippen molar-refractivity contribution >= 4 is 17.4 Å². The Kier molecular flexibility index (Phi) is 2.66. The molecule has 0 saturated carbocycles. The summed E-state index contributed by atoms with van der Waals surface area (Å²) in [4.78, 5) is 11.0. The van der Waals surface area contributed by atoms with Gasteiger partial charge in [-0.1, -0.05) is 18.2 Å². The standard InChI is InChI=1S/C10H9ClO/c1-7-5-9(8(2)12)3-4-10(11)6-7/h3-6H,1H2,2H3. The van der Waals surface area contributed by atoms with Gasteiger partial charge in [-0.15, -0.1) is 0 Å². The van der Waals surface area contributed by atoms with E-state index in [0.717, 1.165) is 5.57 Å². The maximum atomic E-state index is 11.0. The summed E-state index contributed by atoms with van der Waals surface area (Å²) < 4.78 is 0. The first kappa shape index (κ1) is 9.01. The number of ketones is 1. The molecule has 1 aliphatic rings. The van der Waals surface area contributed by atoms with Crippen molar-refractivity contribution in [3.8, 4) is 0 Å². The largest absolute Gasteiger partial charge is 0.295 e. The van der Waals surface area contributed by atoms with E-state index in [9.17, 15) is 4.79 Å². The lowest BCUT2D eigenvalue weighted by Gasteiger charge is -1.92. The van der Waals surface area contributed by atoms with E-state index in [1.807, 2.05) is 0 Å². The summed E-state index contributed by atoms with van der Waals surface area (Å²) in [5.74, 6) is 0.0205. The third-order valence-corrected chi connectivity index (χ3v) is 1.73.